The van der Waals surface area contributed by atoms with Crippen molar-refractivity contribution in [3.63, 3.8) is 0 Å². The van der Waals surface area contributed by atoms with Gasteiger partial charge in [0.15, 0.2) is 6.29 Å². The largest absolute Gasteiger partial charge is 0.392 e. The van der Waals surface area contributed by atoms with E-state index >= 15 is 0 Å². The van der Waals surface area contributed by atoms with E-state index in [-0.39, 0.29) is 30.1 Å². The summed E-state index contributed by atoms with van der Waals surface area (Å²) in [6.07, 6.45) is 3.34. The van der Waals surface area contributed by atoms with Crippen molar-refractivity contribution < 1.29 is 29.5 Å². The molecule has 1 saturated carbocycles. The highest BCUT2D eigenvalue weighted by Gasteiger charge is 2.60. The van der Waals surface area contributed by atoms with Crippen molar-refractivity contribution in [3.05, 3.63) is 22.8 Å². The van der Waals surface area contributed by atoms with Gasteiger partial charge in [0.25, 0.3) is 0 Å². The number of fused-ring (bicyclic) bond motifs is 6. The van der Waals surface area contributed by atoms with Crippen molar-refractivity contribution >= 4 is 0 Å². The summed E-state index contributed by atoms with van der Waals surface area (Å²) < 4.78 is 18.7. The van der Waals surface area contributed by atoms with Gasteiger partial charge in [-0.1, -0.05) is 44.9 Å². The van der Waals surface area contributed by atoms with E-state index in [1.807, 2.05) is 0 Å². The summed E-state index contributed by atoms with van der Waals surface area (Å²) in [5.74, 6) is 0.868. The molecule has 31 heavy (non-hydrogen) atoms. The third-order valence-corrected chi connectivity index (χ3v) is 9.10. The first-order valence-electron chi connectivity index (χ1n) is 12.0. The third-order valence-electron chi connectivity index (χ3n) is 9.10. The molecule has 9 unspecified atom stereocenters. The number of allylic oxidation sites excluding steroid dienone is 3. The Morgan fingerprint density at radius 3 is 2.61 bits per heavy atom. The van der Waals surface area contributed by atoms with Gasteiger partial charge in [-0.3, -0.25) is 0 Å². The lowest BCUT2D eigenvalue weighted by Gasteiger charge is -2.56. The predicted molar refractivity (Wildman–Crippen MR) is 115 cm³/mol. The van der Waals surface area contributed by atoms with Crippen LogP contribution >= 0.6 is 0 Å². The first-order chi connectivity index (χ1) is 14.7. The standard InChI is InChI=1S/C25H38O6/c1-13(2)15-7-8-24(3)9-10-25(4)16(18(15)24)6-5-14(11-26)20-22(25)31-23-21(30-20)19(28)17(27)12-29-23/h5,13,16-17,19-23,26-28H,6-12H2,1-4H3. The number of aliphatic hydroxyl groups excluding tert-OH is 3. The fourth-order valence-electron chi connectivity index (χ4n) is 7.16. The molecule has 0 aromatic heterocycles. The van der Waals surface area contributed by atoms with E-state index in [1.165, 1.54) is 12.8 Å². The van der Waals surface area contributed by atoms with E-state index in [2.05, 4.69) is 33.8 Å². The highest BCUT2D eigenvalue weighted by molar-refractivity contribution is 5.37. The Labute approximate surface area is 185 Å². The first-order valence-corrected chi connectivity index (χ1v) is 12.0. The lowest BCUT2D eigenvalue weighted by Crippen LogP contribution is -2.65. The predicted octanol–water partition coefficient (Wildman–Crippen LogP) is 2.71. The molecule has 6 heteroatoms. The Morgan fingerprint density at radius 2 is 1.90 bits per heavy atom. The molecule has 5 aliphatic rings. The van der Waals surface area contributed by atoms with E-state index < -0.39 is 30.7 Å². The molecule has 0 bridgehead atoms. The Balaban J connectivity index is 1.57. The van der Waals surface area contributed by atoms with Crippen LogP contribution in [-0.2, 0) is 14.2 Å². The van der Waals surface area contributed by atoms with Crippen molar-refractivity contribution in [1.82, 2.24) is 0 Å². The monoisotopic (exact) mass is 434 g/mol. The zero-order valence-corrected chi connectivity index (χ0v) is 19.2. The number of hydrogen-bond donors (Lipinski definition) is 3. The maximum absolute atomic E-state index is 10.5. The van der Waals surface area contributed by atoms with Gasteiger partial charge in [-0.15, -0.1) is 0 Å². The molecule has 3 aliphatic carbocycles. The molecule has 9 atom stereocenters. The van der Waals surface area contributed by atoms with Gasteiger partial charge in [-0.25, -0.2) is 0 Å². The summed E-state index contributed by atoms with van der Waals surface area (Å²) in [5, 5.41) is 30.8. The van der Waals surface area contributed by atoms with Crippen LogP contribution in [0, 0.1) is 22.7 Å². The Bertz CT molecular complexity index is 789. The molecule has 0 radical (unpaired) electrons. The van der Waals surface area contributed by atoms with Crippen LogP contribution in [-0.4, -0.2) is 65.3 Å². The molecule has 174 valence electrons. The van der Waals surface area contributed by atoms with Gasteiger partial charge in [0, 0.05) is 5.41 Å². The van der Waals surface area contributed by atoms with Gasteiger partial charge >= 0.3 is 0 Å². The minimum absolute atomic E-state index is 0.0344. The summed E-state index contributed by atoms with van der Waals surface area (Å²) >= 11 is 0. The quantitative estimate of drug-likeness (QED) is 0.579. The van der Waals surface area contributed by atoms with Gasteiger partial charge in [-0.05, 0) is 54.9 Å². The van der Waals surface area contributed by atoms with Crippen molar-refractivity contribution in [1.29, 1.82) is 0 Å². The number of ether oxygens (including phenoxy) is 3. The van der Waals surface area contributed by atoms with Crippen LogP contribution in [0.5, 0.6) is 0 Å². The van der Waals surface area contributed by atoms with E-state index in [9.17, 15) is 15.3 Å². The van der Waals surface area contributed by atoms with Gasteiger partial charge in [-0.2, -0.15) is 0 Å². The molecule has 3 N–H and O–H groups in total. The number of rotatable bonds is 2. The second kappa shape index (κ2) is 7.64. The molecular weight excluding hydrogens is 396 g/mol. The van der Waals surface area contributed by atoms with Crippen molar-refractivity contribution in [2.24, 2.45) is 22.7 Å². The van der Waals surface area contributed by atoms with Gasteiger partial charge in [0.05, 0.1) is 19.3 Å². The normalized spacial score (nSPS) is 49.7. The minimum Gasteiger partial charge on any atom is -0.392 e. The molecule has 0 aromatic rings. The maximum atomic E-state index is 10.5. The van der Waals surface area contributed by atoms with Gasteiger partial charge < -0.3 is 29.5 Å². The average molecular weight is 435 g/mol. The van der Waals surface area contributed by atoms with Crippen molar-refractivity contribution in [2.45, 2.75) is 96.6 Å². The van der Waals surface area contributed by atoms with Crippen LogP contribution in [0.2, 0.25) is 0 Å². The Morgan fingerprint density at radius 1 is 1.13 bits per heavy atom. The van der Waals surface area contributed by atoms with E-state index in [0.717, 1.165) is 24.8 Å². The zero-order valence-electron chi connectivity index (χ0n) is 19.2. The second-order valence-corrected chi connectivity index (χ2v) is 11.2. The molecule has 5 rings (SSSR count). The van der Waals surface area contributed by atoms with E-state index in [1.54, 1.807) is 11.1 Å². The molecule has 2 aliphatic heterocycles. The molecule has 3 fully saturated rings. The number of hydrogen-bond acceptors (Lipinski definition) is 6. The Hall–Kier alpha value is -0.760. The molecule has 0 amide bonds. The molecule has 0 aromatic carbocycles. The average Bonchev–Trinajstić information content (AvgIpc) is 3.04. The van der Waals surface area contributed by atoms with Crippen molar-refractivity contribution in [3.8, 4) is 0 Å². The van der Waals surface area contributed by atoms with Crippen LogP contribution in [0.4, 0.5) is 0 Å². The third kappa shape index (κ3) is 3.21. The minimum atomic E-state index is -1.06. The maximum Gasteiger partial charge on any atom is 0.187 e. The summed E-state index contributed by atoms with van der Waals surface area (Å²) in [5.41, 5.74) is 4.13. The van der Waals surface area contributed by atoms with Crippen LogP contribution in [0.15, 0.2) is 22.8 Å². The van der Waals surface area contributed by atoms with Crippen LogP contribution < -0.4 is 0 Å². The molecular formula is C25H38O6. The second-order valence-electron chi connectivity index (χ2n) is 11.2. The van der Waals surface area contributed by atoms with Crippen molar-refractivity contribution in [2.75, 3.05) is 13.2 Å². The summed E-state index contributed by atoms with van der Waals surface area (Å²) in [6.45, 7) is 9.31. The lowest BCUT2D eigenvalue weighted by molar-refractivity contribution is -0.359. The Kier molecular flexibility index (Phi) is 5.44. The number of aliphatic hydroxyl groups is 3. The lowest BCUT2D eigenvalue weighted by atomic mass is 9.54. The van der Waals surface area contributed by atoms with Gasteiger partial charge in [0.1, 0.15) is 24.4 Å². The van der Waals surface area contributed by atoms with E-state index in [0.29, 0.717) is 11.8 Å². The summed E-state index contributed by atoms with van der Waals surface area (Å²) in [6, 6.07) is 0. The van der Waals surface area contributed by atoms with Crippen LogP contribution in [0.1, 0.15) is 59.8 Å². The van der Waals surface area contributed by atoms with Crippen LogP contribution in [0.25, 0.3) is 0 Å². The van der Waals surface area contributed by atoms with E-state index in [4.69, 9.17) is 14.2 Å². The fraction of sp³-hybridized carbons (Fsp3) is 0.840. The van der Waals surface area contributed by atoms with Gasteiger partial charge in [0.2, 0.25) is 0 Å². The highest BCUT2D eigenvalue weighted by atomic mass is 16.7. The molecule has 6 nitrogen and oxygen atoms in total. The first kappa shape index (κ1) is 22.1. The molecule has 0 spiro atoms. The SMILES string of the molecule is CC(C)C1=C2C3CC=C(CO)C4OC5C(OCC(O)C5O)OC4C3(C)CCC2(C)CC1. The topological polar surface area (TPSA) is 88.4 Å². The van der Waals surface area contributed by atoms with Crippen LogP contribution in [0.3, 0.4) is 0 Å². The molecule has 2 saturated heterocycles. The summed E-state index contributed by atoms with van der Waals surface area (Å²) in [4.78, 5) is 0. The fourth-order valence-corrected chi connectivity index (χ4v) is 7.16. The smallest absolute Gasteiger partial charge is 0.187 e. The zero-order chi connectivity index (χ0) is 22.1. The summed E-state index contributed by atoms with van der Waals surface area (Å²) in [7, 11) is 0. The molecule has 2 heterocycles. The highest BCUT2D eigenvalue weighted by Crippen LogP contribution is 2.64.